The zero-order valence-corrected chi connectivity index (χ0v) is 11.2. The number of hydrogen-bond acceptors (Lipinski definition) is 1. The lowest BCUT2D eigenvalue weighted by atomic mass is 9.95. The Labute approximate surface area is 121 Å². The summed E-state index contributed by atoms with van der Waals surface area (Å²) in [6.45, 7) is 0. The molecule has 0 radical (unpaired) electrons. The molecule has 0 bridgehead atoms. The van der Waals surface area contributed by atoms with Gasteiger partial charge in [-0.05, 0) is 41.8 Å². The average molecular weight is 285 g/mol. The Morgan fingerprint density at radius 2 is 1.29 bits per heavy atom. The zero-order valence-electron chi connectivity index (χ0n) is 11.2. The van der Waals surface area contributed by atoms with E-state index in [0.717, 1.165) is 22.4 Å². The molecule has 2 aromatic carbocycles. The van der Waals surface area contributed by atoms with Gasteiger partial charge in [0.2, 0.25) is 5.91 Å². The first-order chi connectivity index (χ1) is 10.1. The summed E-state index contributed by atoms with van der Waals surface area (Å²) in [4.78, 5) is 11.5. The molecule has 0 aliphatic carbocycles. The highest BCUT2D eigenvalue weighted by Gasteiger charge is 2.20. The molecular formula is C17H13F2NO. The molecule has 0 atom stereocenters. The first kappa shape index (κ1) is 13.5. The second-order valence-electron chi connectivity index (χ2n) is 4.92. The fourth-order valence-electron chi connectivity index (χ4n) is 2.47. The van der Waals surface area contributed by atoms with Gasteiger partial charge in [0.15, 0.2) is 0 Å². The van der Waals surface area contributed by atoms with Gasteiger partial charge in [-0.1, -0.05) is 24.3 Å². The van der Waals surface area contributed by atoms with Gasteiger partial charge in [0, 0.05) is 17.7 Å². The summed E-state index contributed by atoms with van der Waals surface area (Å²) in [5.41, 5.74) is 3.18. The van der Waals surface area contributed by atoms with Crippen LogP contribution in [0.4, 0.5) is 8.78 Å². The van der Waals surface area contributed by atoms with Crippen LogP contribution in [0.25, 0.3) is 5.57 Å². The maximum atomic E-state index is 13.1. The number of halogens is 2. The van der Waals surface area contributed by atoms with E-state index in [1.54, 1.807) is 24.3 Å². The van der Waals surface area contributed by atoms with Crippen molar-refractivity contribution in [3.05, 3.63) is 77.0 Å². The van der Waals surface area contributed by atoms with Gasteiger partial charge in [0.05, 0.1) is 0 Å². The lowest BCUT2D eigenvalue weighted by Crippen LogP contribution is -2.13. The lowest BCUT2D eigenvalue weighted by Gasteiger charge is -2.12. The first-order valence-corrected chi connectivity index (χ1v) is 6.68. The highest BCUT2D eigenvalue weighted by molar-refractivity contribution is 5.89. The quantitative estimate of drug-likeness (QED) is 0.897. The van der Waals surface area contributed by atoms with Crippen LogP contribution in [0.2, 0.25) is 0 Å². The SMILES string of the molecule is O=C1CCC(=C(c2ccc(F)cc2)c2ccc(F)cc2)N1. The van der Waals surface area contributed by atoms with E-state index in [2.05, 4.69) is 5.32 Å². The van der Waals surface area contributed by atoms with E-state index in [1.807, 2.05) is 0 Å². The molecule has 1 aliphatic heterocycles. The maximum Gasteiger partial charge on any atom is 0.224 e. The molecule has 0 unspecified atom stereocenters. The summed E-state index contributed by atoms with van der Waals surface area (Å²) in [7, 11) is 0. The summed E-state index contributed by atoms with van der Waals surface area (Å²) in [5, 5.41) is 2.83. The number of rotatable bonds is 2. The van der Waals surface area contributed by atoms with Crippen molar-refractivity contribution in [1.29, 1.82) is 0 Å². The number of carbonyl (C=O) groups is 1. The highest BCUT2D eigenvalue weighted by Crippen LogP contribution is 2.30. The third kappa shape index (κ3) is 2.84. The second kappa shape index (κ2) is 5.48. The predicted molar refractivity (Wildman–Crippen MR) is 76.2 cm³/mol. The van der Waals surface area contributed by atoms with Gasteiger partial charge in [0.25, 0.3) is 0 Å². The molecule has 4 heteroatoms. The molecule has 0 aromatic heterocycles. The number of amides is 1. The smallest absolute Gasteiger partial charge is 0.224 e. The number of hydrogen-bond donors (Lipinski definition) is 1. The van der Waals surface area contributed by atoms with Gasteiger partial charge in [-0.2, -0.15) is 0 Å². The third-order valence-electron chi connectivity index (χ3n) is 3.46. The summed E-state index contributed by atoms with van der Waals surface area (Å²) in [6.07, 6.45) is 1.03. The monoisotopic (exact) mass is 285 g/mol. The number of carbonyl (C=O) groups excluding carboxylic acids is 1. The lowest BCUT2D eigenvalue weighted by molar-refractivity contribution is -0.118. The van der Waals surface area contributed by atoms with E-state index in [0.29, 0.717) is 12.8 Å². The molecule has 3 rings (SSSR count). The van der Waals surface area contributed by atoms with E-state index >= 15 is 0 Å². The van der Waals surface area contributed by atoms with Crippen molar-refractivity contribution in [1.82, 2.24) is 5.32 Å². The van der Waals surface area contributed by atoms with E-state index in [9.17, 15) is 13.6 Å². The minimum absolute atomic E-state index is 0.0354. The summed E-state index contributed by atoms with van der Waals surface area (Å²) in [6, 6.07) is 12.1. The fourth-order valence-corrected chi connectivity index (χ4v) is 2.47. The molecule has 2 aromatic rings. The molecule has 0 spiro atoms. The van der Waals surface area contributed by atoms with Crippen LogP contribution >= 0.6 is 0 Å². The van der Waals surface area contributed by atoms with Crippen LogP contribution in [0, 0.1) is 11.6 Å². The number of allylic oxidation sites excluding steroid dienone is 1. The molecule has 0 saturated carbocycles. The number of nitrogens with one attached hydrogen (secondary N) is 1. The van der Waals surface area contributed by atoms with Gasteiger partial charge < -0.3 is 5.32 Å². The van der Waals surface area contributed by atoms with Crippen molar-refractivity contribution in [2.75, 3.05) is 0 Å². The molecule has 1 N–H and O–H groups in total. The van der Waals surface area contributed by atoms with E-state index in [1.165, 1.54) is 24.3 Å². The highest BCUT2D eigenvalue weighted by atomic mass is 19.1. The van der Waals surface area contributed by atoms with Crippen LogP contribution in [0.15, 0.2) is 54.2 Å². The van der Waals surface area contributed by atoms with Crippen LogP contribution in [0.3, 0.4) is 0 Å². The zero-order chi connectivity index (χ0) is 14.8. The molecule has 1 saturated heterocycles. The largest absolute Gasteiger partial charge is 0.329 e. The molecule has 1 amide bonds. The third-order valence-corrected chi connectivity index (χ3v) is 3.46. The standard InChI is InChI=1S/C17H13F2NO/c18-13-5-1-11(2-6-13)17(15-9-10-16(21)20-15)12-3-7-14(19)8-4-12/h1-8H,9-10H2,(H,20,21). The molecule has 1 heterocycles. The van der Waals surface area contributed by atoms with Crippen molar-refractivity contribution in [2.45, 2.75) is 12.8 Å². The van der Waals surface area contributed by atoms with Crippen molar-refractivity contribution in [3.8, 4) is 0 Å². The Bertz CT molecular complexity index is 655. The normalized spacial score (nSPS) is 14.2. The molecule has 1 fully saturated rings. The van der Waals surface area contributed by atoms with E-state index in [4.69, 9.17) is 0 Å². The molecule has 106 valence electrons. The predicted octanol–water partition coefficient (Wildman–Crippen LogP) is 3.63. The first-order valence-electron chi connectivity index (χ1n) is 6.68. The maximum absolute atomic E-state index is 13.1. The van der Waals surface area contributed by atoms with Crippen LogP contribution < -0.4 is 5.32 Å². The minimum atomic E-state index is -0.322. The van der Waals surface area contributed by atoms with Gasteiger partial charge >= 0.3 is 0 Å². The molecule has 21 heavy (non-hydrogen) atoms. The van der Waals surface area contributed by atoms with Gasteiger partial charge in [-0.15, -0.1) is 0 Å². The van der Waals surface area contributed by atoms with Gasteiger partial charge in [-0.25, -0.2) is 8.78 Å². The van der Waals surface area contributed by atoms with E-state index < -0.39 is 0 Å². The summed E-state index contributed by atoms with van der Waals surface area (Å²) in [5.74, 6) is -0.679. The van der Waals surface area contributed by atoms with Crippen molar-refractivity contribution < 1.29 is 13.6 Å². The van der Waals surface area contributed by atoms with Crippen molar-refractivity contribution in [3.63, 3.8) is 0 Å². The van der Waals surface area contributed by atoms with Crippen LogP contribution in [0.1, 0.15) is 24.0 Å². The average Bonchev–Trinajstić information content (AvgIpc) is 2.90. The van der Waals surface area contributed by atoms with Gasteiger partial charge in [0.1, 0.15) is 11.6 Å². The van der Waals surface area contributed by atoms with Crippen molar-refractivity contribution in [2.24, 2.45) is 0 Å². The Kier molecular flexibility index (Phi) is 3.52. The van der Waals surface area contributed by atoms with Crippen LogP contribution in [-0.2, 0) is 4.79 Å². The number of benzene rings is 2. The molecule has 1 aliphatic rings. The van der Waals surface area contributed by atoms with Crippen molar-refractivity contribution >= 4 is 11.5 Å². The Morgan fingerprint density at radius 3 is 1.67 bits per heavy atom. The summed E-state index contributed by atoms with van der Waals surface area (Å²) < 4.78 is 26.2. The van der Waals surface area contributed by atoms with Gasteiger partial charge in [-0.3, -0.25) is 4.79 Å². The topological polar surface area (TPSA) is 29.1 Å². The fraction of sp³-hybridized carbons (Fsp3) is 0.118. The second-order valence-corrected chi connectivity index (χ2v) is 4.92. The molecule has 2 nitrogen and oxygen atoms in total. The summed E-state index contributed by atoms with van der Waals surface area (Å²) >= 11 is 0. The Hall–Kier alpha value is -2.49. The van der Waals surface area contributed by atoms with E-state index in [-0.39, 0.29) is 17.5 Å². The van der Waals surface area contributed by atoms with Crippen LogP contribution in [-0.4, -0.2) is 5.91 Å². The van der Waals surface area contributed by atoms with Crippen LogP contribution in [0.5, 0.6) is 0 Å². The molecular weight excluding hydrogens is 272 g/mol. The Morgan fingerprint density at radius 1 is 0.810 bits per heavy atom. The minimum Gasteiger partial charge on any atom is -0.329 e. The Balaban J connectivity index is 2.13.